The molecule has 2 aliphatic heterocycles. The number of benzene rings is 1. The zero-order chi connectivity index (χ0) is 17.8. The molecular formula is C19H27N3O3. The molecule has 0 radical (unpaired) electrons. The molecule has 2 aliphatic rings. The molecule has 0 aromatic heterocycles. The van der Waals surface area contributed by atoms with E-state index in [2.05, 4.69) is 29.4 Å². The van der Waals surface area contributed by atoms with Crippen molar-refractivity contribution in [1.29, 1.82) is 0 Å². The van der Waals surface area contributed by atoms with Crippen molar-refractivity contribution in [1.82, 2.24) is 10.2 Å². The first-order valence-electron chi connectivity index (χ1n) is 9.12. The zero-order valence-corrected chi connectivity index (χ0v) is 15.0. The summed E-state index contributed by atoms with van der Waals surface area (Å²) in [5, 5.41) is 5.81. The highest BCUT2D eigenvalue weighted by Crippen LogP contribution is 2.28. The van der Waals surface area contributed by atoms with E-state index in [1.165, 1.54) is 12.8 Å². The van der Waals surface area contributed by atoms with Crippen LogP contribution in [0.4, 0.5) is 5.69 Å². The van der Waals surface area contributed by atoms with Gasteiger partial charge >= 0.3 is 0 Å². The van der Waals surface area contributed by atoms with Gasteiger partial charge in [0.2, 0.25) is 0 Å². The lowest BCUT2D eigenvalue weighted by atomic mass is 10.0. The molecule has 1 aromatic rings. The van der Waals surface area contributed by atoms with Gasteiger partial charge in [-0.25, -0.2) is 0 Å². The largest absolute Gasteiger partial charge is 0.482 e. The van der Waals surface area contributed by atoms with Gasteiger partial charge in [-0.3, -0.25) is 14.5 Å². The van der Waals surface area contributed by atoms with E-state index >= 15 is 0 Å². The first kappa shape index (κ1) is 17.7. The number of amides is 2. The molecule has 1 saturated heterocycles. The minimum absolute atomic E-state index is 0.0104. The molecule has 2 amide bonds. The van der Waals surface area contributed by atoms with Crippen LogP contribution in [0.2, 0.25) is 0 Å². The fourth-order valence-electron chi connectivity index (χ4n) is 3.54. The van der Waals surface area contributed by atoms with Gasteiger partial charge in [-0.1, -0.05) is 13.8 Å². The lowest BCUT2D eigenvalue weighted by molar-refractivity contribution is -0.118. The van der Waals surface area contributed by atoms with E-state index in [-0.39, 0.29) is 18.4 Å². The average Bonchev–Trinajstić information content (AvgIpc) is 3.12. The van der Waals surface area contributed by atoms with Crippen molar-refractivity contribution < 1.29 is 14.3 Å². The van der Waals surface area contributed by atoms with Gasteiger partial charge in [0.15, 0.2) is 6.61 Å². The van der Waals surface area contributed by atoms with Gasteiger partial charge in [-0.2, -0.15) is 0 Å². The van der Waals surface area contributed by atoms with Gasteiger partial charge in [0, 0.05) is 18.2 Å². The maximum absolute atomic E-state index is 12.5. The molecule has 6 nitrogen and oxygen atoms in total. The molecule has 0 aliphatic carbocycles. The van der Waals surface area contributed by atoms with Crippen LogP contribution < -0.4 is 15.4 Å². The summed E-state index contributed by atoms with van der Waals surface area (Å²) in [6.07, 6.45) is 3.58. The fraction of sp³-hybridized carbons (Fsp3) is 0.579. The van der Waals surface area contributed by atoms with Gasteiger partial charge < -0.3 is 15.4 Å². The Morgan fingerprint density at radius 1 is 1.32 bits per heavy atom. The van der Waals surface area contributed by atoms with Crippen molar-refractivity contribution >= 4 is 17.5 Å². The molecular weight excluding hydrogens is 318 g/mol. The number of rotatable bonds is 6. The van der Waals surface area contributed by atoms with Crippen LogP contribution in [0.1, 0.15) is 43.5 Å². The van der Waals surface area contributed by atoms with Crippen molar-refractivity contribution in [3.05, 3.63) is 23.8 Å². The smallest absolute Gasteiger partial charge is 0.262 e. The van der Waals surface area contributed by atoms with Gasteiger partial charge in [0.1, 0.15) is 5.75 Å². The maximum atomic E-state index is 12.5. The van der Waals surface area contributed by atoms with Crippen molar-refractivity contribution in [2.24, 2.45) is 5.92 Å². The average molecular weight is 345 g/mol. The number of hydrogen-bond donors (Lipinski definition) is 2. The van der Waals surface area contributed by atoms with E-state index in [4.69, 9.17) is 4.74 Å². The van der Waals surface area contributed by atoms with E-state index in [9.17, 15) is 9.59 Å². The quantitative estimate of drug-likeness (QED) is 0.830. The third-order valence-electron chi connectivity index (χ3n) is 4.78. The molecule has 0 spiro atoms. The topological polar surface area (TPSA) is 70.7 Å². The second kappa shape index (κ2) is 7.87. The summed E-state index contributed by atoms with van der Waals surface area (Å²) in [6.45, 7) is 7.34. The summed E-state index contributed by atoms with van der Waals surface area (Å²) in [6, 6.07) is 5.51. The number of likely N-dealkylation sites (tertiary alicyclic amines) is 1. The number of carbonyl (C=O) groups is 2. The van der Waals surface area contributed by atoms with Crippen LogP contribution in [-0.4, -0.2) is 49.0 Å². The molecule has 2 heterocycles. The zero-order valence-electron chi connectivity index (χ0n) is 15.0. The van der Waals surface area contributed by atoms with Crippen LogP contribution in [0.3, 0.4) is 0 Å². The molecule has 1 unspecified atom stereocenters. The van der Waals surface area contributed by atoms with Crippen molar-refractivity contribution in [3.63, 3.8) is 0 Å². The number of ether oxygens (including phenoxy) is 1. The first-order valence-corrected chi connectivity index (χ1v) is 9.12. The normalized spacial score (nSPS) is 18.4. The highest BCUT2D eigenvalue weighted by molar-refractivity contribution is 5.98. The van der Waals surface area contributed by atoms with E-state index in [1.807, 2.05) is 0 Å². The summed E-state index contributed by atoms with van der Waals surface area (Å²) >= 11 is 0. The predicted molar refractivity (Wildman–Crippen MR) is 96.9 cm³/mol. The Labute approximate surface area is 148 Å². The number of hydrogen-bond acceptors (Lipinski definition) is 4. The summed E-state index contributed by atoms with van der Waals surface area (Å²) < 4.78 is 5.39. The third kappa shape index (κ3) is 4.51. The second-order valence-electron chi connectivity index (χ2n) is 7.28. The minimum Gasteiger partial charge on any atom is -0.482 e. The predicted octanol–water partition coefficient (Wildman–Crippen LogP) is 2.26. The van der Waals surface area contributed by atoms with Crippen molar-refractivity contribution in [2.75, 3.05) is 31.6 Å². The molecule has 1 fully saturated rings. The Balaban J connectivity index is 1.61. The molecule has 3 rings (SSSR count). The highest BCUT2D eigenvalue weighted by Gasteiger charge is 2.24. The highest BCUT2D eigenvalue weighted by atomic mass is 16.5. The molecule has 136 valence electrons. The Bertz CT molecular complexity index is 639. The first-order chi connectivity index (χ1) is 12.0. The van der Waals surface area contributed by atoms with Crippen LogP contribution in [0.15, 0.2) is 18.2 Å². The van der Waals surface area contributed by atoms with Crippen LogP contribution in [0.5, 0.6) is 5.75 Å². The van der Waals surface area contributed by atoms with Gasteiger partial charge in [-0.15, -0.1) is 0 Å². The standard InChI is InChI=1S/C19H27N3O3/c1-13(2)9-15(22-7-3-4-8-22)11-20-19(24)14-5-6-16-17(10-14)25-12-18(23)21-16/h5-6,10,13,15H,3-4,7-9,11-12H2,1-2H3,(H,20,24)(H,21,23). The second-order valence-corrected chi connectivity index (χ2v) is 7.28. The summed E-state index contributed by atoms with van der Waals surface area (Å²) in [5.74, 6) is 0.872. The Morgan fingerprint density at radius 3 is 2.80 bits per heavy atom. The Hall–Kier alpha value is -2.08. The van der Waals surface area contributed by atoms with E-state index in [1.54, 1.807) is 18.2 Å². The van der Waals surface area contributed by atoms with Crippen LogP contribution >= 0.6 is 0 Å². The summed E-state index contributed by atoms with van der Waals surface area (Å²) in [4.78, 5) is 26.3. The molecule has 2 N–H and O–H groups in total. The maximum Gasteiger partial charge on any atom is 0.262 e. The van der Waals surface area contributed by atoms with Gasteiger partial charge in [0.25, 0.3) is 11.8 Å². The van der Waals surface area contributed by atoms with Crippen LogP contribution in [-0.2, 0) is 4.79 Å². The molecule has 0 bridgehead atoms. The van der Waals surface area contributed by atoms with Gasteiger partial charge in [-0.05, 0) is 56.5 Å². The van der Waals surface area contributed by atoms with Crippen molar-refractivity contribution in [3.8, 4) is 5.75 Å². The molecule has 25 heavy (non-hydrogen) atoms. The number of nitrogens with one attached hydrogen (secondary N) is 2. The molecule has 0 saturated carbocycles. The summed E-state index contributed by atoms with van der Waals surface area (Å²) in [5.41, 5.74) is 1.17. The van der Waals surface area contributed by atoms with E-state index < -0.39 is 0 Å². The fourth-order valence-corrected chi connectivity index (χ4v) is 3.54. The van der Waals surface area contributed by atoms with E-state index in [0.717, 1.165) is 19.5 Å². The van der Waals surface area contributed by atoms with Crippen LogP contribution in [0, 0.1) is 5.92 Å². The molecule has 1 atom stereocenters. The monoisotopic (exact) mass is 345 g/mol. The lowest BCUT2D eigenvalue weighted by Crippen LogP contribution is -2.43. The lowest BCUT2D eigenvalue weighted by Gasteiger charge is -2.29. The number of anilines is 1. The number of nitrogens with zero attached hydrogens (tertiary/aromatic N) is 1. The Morgan fingerprint density at radius 2 is 2.08 bits per heavy atom. The Kier molecular flexibility index (Phi) is 5.58. The number of carbonyl (C=O) groups excluding carboxylic acids is 2. The molecule has 1 aromatic carbocycles. The summed E-state index contributed by atoms with van der Waals surface area (Å²) in [7, 11) is 0. The van der Waals surface area contributed by atoms with Crippen molar-refractivity contribution in [2.45, 2.75) is 39.2 Å². The SMILES string of the molecule is CC(C)CC(CNC(=O)c1ccc2c(c1)OCC(=O)N2)N1CCCC1. The number of fused-ring (bicyclic) bond motifs is 1. The molecule has 6 heteroatoms. The van der Waals surface area contributed by atoms with Crippen LogP contribution in [0.25, 0.3) is 0 Å². The van der Waals surface area contributed by atoms with Gasteiger partial charge in [0.05, 0.1) is 5.69 Å². The van der Waals surface area contributed by atoms with E-state index in [0.29, 0.717) is 35.5 Å². The minimum atomic E-state index is -0.174. The third-order valence-corrected chi connectivity index (χ3v) is 4.78.